The summed E-state index contributed by atoms with van der Waals surface area (Å²) in [6.07, 6.45) is 1.96. The van der Waals surface area contributed by atoms with E-state index < -0.39 is 0 Å². The van der Waals surface area contributed by atoms with Crippen molar-refractivity contribution in [1.29, 1.82) is 0 Å². The molecule has 1 aliphatic heterocycles. The molecule has 1 saturated heterocycles. The van der Waals surface area contributed by atoms with Gasteiger partial charge in [-0.2, -0.15) is 0 Å². The first-order chi connectivity index (χ1) is 15.0. The van der Waals surface area contributed by atoms with E-state index >= 15 is 0 Å². The standard InChI is InChI=1S/C26H34O5/c1-5-21(29-17-19-9-7-6-8-10-19)15-24(26(2,3)25-23(16-27)31-25)30-18-20-11-13-22(28-4)14-12-20/h6-14,16,21,23-25H,5,15,17-18H2,1-4H3/t21-,23-,24+,25+/m0/s1. The van der Waals surface area contributed by atoms with E-state index in [0.29, 0.717) is 13.2 Å². The predicted molar refractivity (Wildman–Crippen MR) is 120 cm³/mol. The van der Waals surface area contributed by atoms with Crippen molar-refractivity contribution < 1.29 is 23.7 Å². The fourth-order valence-electron chi connectivity index (χ4n) is 3.89. The summed E-state index contributed by atoms with van der Waals surface area (Å²) in [7, 11) is 1.66. The van der Waals surface area contributed by atoms with Crippen LogP contribution in [0.1, 0.15) is 44.7 Å². The van der Waals surface area contributed by atoms with Gasteiger partial charge in [0.2, 0.25) is 0 Å². The first-order valence-electron chi connectivity index (χ1n) is 11.0. The minimum atomic E-state index is -0.340. The number of hydrogen-bond donors (Lipinski definition) is 0. The van der Waals surface area contributed by atoms with Crippen molar-refractivity contribution in [3.8, 4) is 5.75 Å². The number of carbonyl (C=O) groups excluding carboxylic acids is 1. The molecule has 5 heteroatoms. The fraction of sp³-hybridized carbons (Fsp3) is 0.500. The lowest BCUT2D eigenvalue weighted by Crippen LogP contribution is -2.40. The van der Waals surface area contributed by atoms with Crippen molar-refractivity contribution in [3.63, 3.8) is 0 Å². The summed E-state index contributed by atoms with van der Waals surface area (Å²) in [5.41, 5.74) is 1.91. The third-order valence-corrected chi connectivity index (χ3v) is 6.09. The van der Waals surface area contributed by atoms with Gasteiger partial charge in [0.1, 0.15) is 11.9 Å². The molecule has 1 aliphatic rings. The van der Waals surface area contributed by atoms with E-state index in [9.17, 15) is 4.79 Å². The molecule has 4 atom stereocenters. The Morgan fingerprint density at radius 3 is 2.23 bits per heavy atom. The van der Waals surface area contributed by atoms with Crippen LogP contribution in [0.25, 0.3) is 0 Å². The number of hydrogen-bond acceptors (Lipinski definition) is 5. The summed E-state index contributed by atoms with van der Waals surface area (Å²) in [4.78, 5) is 11.2. The monoisotopic (exact) mass is 426 g/mol. The highest BCUT2D eigenvalue weighted by atomic mass is 16.6. The second kappa shape index (κ2) is 10.9. The van der Waals surface area contributed by atoms with Crippen LogP contribution in [-0.4, -0.2) is 37.8 Å². The van der Waals surface area contributed by atoms with Crippen molar-refractivity contribution in [3.05, 3.63) is 65.7 Å². The summed E-state index contributed by atoms with van der Waals surface area (Å²) in [6.45, 7) is 7.41. The van der Waals surface area contributed by atoms with Crippen LogP contribution in [-0.2, 0) is 32.2 Å². The molecular formula is C26H34O5. The Labute approximate surface area is 185 Å². The molecule has 0 spiro atoms. The number of carbonyl (C=O) groups is 1. The molecule has 31 heavy (non-hydrogen) atoms. The van der Waals surface area contributed by atoms with Gasteiger partial charge in [0.15, 0.2) is 6.29 Å². The van der Waals surface area contributed by atoms with Gasteiger partial charge in [0.05, 0.1) is 38.6 Å². The smallest absolute Gasteiger partial charge is 0.151 e. The summed E-state index contributed by atoms with van der Waals surface area (Å²) in [5, 5.41) is 0. The van der Waals surface area contributed by atoms with Gasteiger partial charge < -0.3 is 23.7 Å². The molecule has 0 radical (unpaired) electrons. The first kappa shape index (κ1) is 23.5. The predicted octanol–water partition coefficient (Wildman–Crippen LogP) is 4.96. The number of rotatable bonds is 13. The minimum absolute atomic E-state index is 0.0498. The highest BCUT2D eigenvalue weighted by molar-refractivity contribution is 5.61. The molecule has 2 aromatic rings. The van der Waals surface area contributed by atoms with Gasteiger partial charge in [-0.05, 0) is 29.7 Å². The highest BCUT2D eigenvalue weighted by Gasteiger charge is 2.53. The minimum Gasteiger partial charge on any atom is -0.497 e. The SMILES string of the molecule is CC[C@@H](C[C@@H](OCc1ccc(OC)cc1)C(C)(C)[C@@H]1O[C@H]1C=O)OCc1ccccc1. The van der Waals surface area contributed by atoms with Gasteiger partial charge in [-0.1, -0.05) is 63.2 Å². The lowest BCUT2D eigenvalue weighted by atomic mass is 9.79. The van der Waals surface area contributed by atoms with E-state index in [1.165, 1.54) is 0 Å². The molecule has 3 rings (SSSR count). The quantitative estimate of drug-likeness (QED) is 0.335. The van der Waals surface area contributed by atoms with E-state index in [2.05, 4.69) is 32.9 Å². The zero-order valence-corrected chi connectivity index (χ0v) is 19.0. The lowest BCUT2D eigenvalue weighted by Gasteiger charge is -2.35. The van der Waals surface area contributed by atoms with Gasteiger partial charge in [-0.3, -0.25) is 0 Å². The van der Waals surface area contributed by atoms with Crippen LogP contribution in [0, 0.1) is 5.41 Å². The Morgan fingerprint density at radius 2 is 1.65 bits per heavy atom. The van der Waals surface area contributed by atoms with Crippen molar-refractivity contribution in [2.24, 2.45) is 5.41 Å². The van der Waals surface area contributed by atoms with Gasteiger partial charge in [0.25, 0.3) is 0 Å². The maximum atomic E-state index is 11.2. The maximum absolute atomic E-state index is 11.2. The van der Waals surface area contributed by atoms with Crippen LogP contribution in [0.4, 0.5) is 0 Å². The number of ether oxygens (including phenoxy) is 4. The Hall–Kier alpha value is -2.21. The molecule has 0 aliphatic carbocycles. The summed E-state index contributed by atoms with van der Waals surface area (Å²) in [6, 6.07) is 18.1. The Balaban J connectivity index is 1.67. The van der Waals surface area contributed by atoms with Crippen LogP contribution in [0.15, 0.2) is 54.6 Å². The first-order valence-corrected chi connectivity index (χ1v) is 11.0. The average molecular weight is 427 g/mol. The molecule has 0 bridgehead atoms. The van der Waals surface area contributed by atoms with Crippen molar-refractivity contribution in [2.75, 3.05) is 7.11 Å². The molecule has 5 nitrogen and oxygen atoms in total. The third-order valence-electron chi connectivity index (χ3n) is 6.09. The molecule has 0 aromatic heterocycles. The van der Waals surface area contributed by atoms with Crippen LogP contribution >= 0.6 is 0 Å². The second-order valence-electron chi connectivity index (χ2n) is 8.69. The van der Waals surface area contributed by atoms with Crippen molar-refractivity contribution in [2.45, 2.75) is 71.2 Å². The Morgan fingerprint density at radius 1 is 1.00 bits per heavy atom. The Kier molecular flexibility index (Phi) is 8.24. The van der Waals surface area contributed by atoms with Gasteiger partial charge >= 0.3 is 0 Å². The van der Waals surface area contributed by atoms with E-state index in [-0.39, 0.29) is 29.8 Å². The normalized spacial score (nSPS) is 20.1. The van der Waals surface area contributed by atoms with Gasteiger partial charge in [-0.15, -0.1) is 0 Å². The zero-order valence-electron chi connectivity index (χ0n) is 19.0. The van der Waals surface area contributed by atoms with Crippen LogP contribution in [0.3, 0.4) is 0 Å². The maximum Gasteiger partial charge on any atom is 0.151 e. The topological polar surface area (TPSA) is 57.3 Å². The van der Waals surface area contributed by atoms with E-state index in [4.69, 9.17) is 18.9 Å². The number of benzene rings is 2. The molecule has 1 heterocycles. The summed E-state index contributed by atoms with van der Waals surface area (Å²) >= 11 is 0. The molecule has 0 unspecified atom stereocenters. The van der Waals surface area contributed by atoms with E-state index in [1.807, 2.05) is 42.5 Å². The van der Waals surface area contributed by atoms with Gasteiger partial charge in [0, 0.05) is 11.8 Å². The molecule has 1 fully saturated rings. The third kappa shape index (κ3) is 6.39. The summed E-state index contributed by atoms with van der Waals surface area (Å²) < 4.78 is 23.5. The number of methoxy groups -OCH3 is 1. The van der Waals surface area contributed by atoms with E-state index in [0.717, 1.165) is 36.0 Å². The van der Waals surface area contributed by atoms with Crippen LogP contribution in [0.2, 0.25) is 0 Å². The molecule has 0 amide bonds. The average Bonchev–Trinajstić information content (AvgIpc) is 3.60. The fourth-order valence-corrected chi connectivity index (χ4v) is 3.89. The Bertz CT molecular complexity index is 802. The number of epoxide rings is 1. The molecule has 0 N–H and O–H groups in total. The van der Waals surface area contributed by atoms with Crippen molar-refractivity contribution in [1.82, 2.24) is 0 Å². The molecule has 168 valence electrons. The van der Waals surface area contributed by atoms with Crippen LogP contribution in [0.5, 0.6) is 5.75 Å². The zero-order chi connectivity index (χ0) is 22.3. The summed E-state index contributed by atoms with van der Waals surface area (Å²) in [5.74, 6) is 0.821. The van der Waals surface area contributed by atoms with Gasteiger partial charge in [-0.25, -0.2) is 0 Å². The van der Waals surface area contributed by atoms with Crippen LogP contribution < -0.4 is 4.74 Å². The lowest BCUT2D eigenvalue weighted by molar-refractivity contribution is -0.109. The second-order valence-corrected chi connectivity index (χ2v) is 8.69. The largest absolute Gasteiger partial charge is 0.497 e. The van der Waals surface area contributed by atoms with E-state index in [1.54, 1.807) is 7.11 Å². The molecular weight excluding hydrogens is 392 g/mol. The number of aldehydes is 1. The molecule has 0 saturated carbocycles. The highest BCUT2D eigenvalue weighted by Crippen LogP contribution is 2.43. The van der Waals surface area contributed by atoms with Crippen molar-refractivity contribution >= 4 is 6.29 Å². The molecule has 2 aromatic carbocycles.